The molecule has 3 N–H and O–H groups in total. The van der Waals surface area contributed by atoms with E-state index in [-0.39, 0.29) is 5.91 Å². The first-order valence-corrected chi connectivity index (χ1v) is 9.02. The normalized spacial score (nSPS) is 9.90. The third-order valence-corrected chi connectivity index (χ3v) is 3.91. The smallest absolute Gasteiger partial charge is 0.414 e. The molecule has 0 unspecified atom stereocenters. The van der Waals surface area contributed by atoms with Gasteiger partial charge in [0.1, 0.15) is 5.75 Å². The highest BCUT2D eigenvalue weighted by Gasteiger charge is 2.08. The summed E-state index contributed by atoms with van der Waals surface area (Å²) in [6.07, 6.45) is 0.479. The van der Waals surface area contributed by atoms with E-state index in [9.17, 15) is 4.79 Å². The maximum absolute atomic E-state index is 12.1. The van der Waals surface area contributed by atoms with Crippen molar-refractivity contribution in [1.82, 2.24) is 4.90 Å². The monoisotopic (exact) mass is 402 g/mol. The maximum Gasteiger partial charge on any atom is 0.414 e. The molecular formula is C21H26N2O6. The number of rotatable bonds is 8. The molecule has 2 aromatic rings. The summed E-state index contributed by atoms with van der Waals surface area (Å²) in [4.78, 5) is 32.5. The molecule has 0 bridgehead atoms. The van der Waals surface area contributed by atoms with Gasteiger partial charge in [0.25, 0.3) is 0 Å². The Labute approximate surface area is 169 Å². The molecule has 0 radical (unpaired) electrons. The average molecular weight is 402 g/mol. The van der Waals surface area contributed by atoms with Gasteiger partial charge >= 0.3 is 11.9 Å². The zero-order valence-electron chi connectivity index (χ0n) is 16.5. The lowest BCUT2D eigenvalue weighted by Gasteiger charge is -2.20. The zero-order valence-corrected chi connectivity index (χ0v) is 16.5. The second-order valence-electron chi connectivity index (χ2n) is 5.99. The Balaban J connectivity index is 0.000000612. The Kier molecular flexibility index (Phi) is 10.5. The standard InChI is InChI=1S/C19H24N2O2.C2H2O4/c1-3-21(15-16-7-5-4-6-8-16)14-13-19(22)20-17-9-11-18(23-2)12-10-17;3-1(4)2(5)6/h4-12H,3,13-15H2,1-2H3,(H,20,22);(H,3,4)(H,5,6). The van der Waals surface area contributed by atoms with Gasteiger partial charge in [-0.05, 0) is 36.4 Å². The Morgan fingerprint density at radius 1 is 0.966 bits per heavy atom. The molecule has 1 amide bonds. The minimum Gasteiger partial charge on any atom is -0.497 e. The summed E-state index contributed by atoms with van der Waals surface area (Å²) >= 11 is 0. The first-order valence-electron chi connectivity index (χ1n) is 9.02. The number of aliphatic carboxylic acids is 2. The van der Waals surface area contributed by atoms with Gasteiger partial charge in [-0.25, -0.2) is 9.59 Å². The van der Waals surface area contributed by atoms with Gasteiger partial charge in [0.2, 0.25) is 5.91 Å². The third kappa shape index (κ3) is 9.92. The van der Waals surface area contributed by atoms with Crippen LogP contribution in [-0.4, -0.2) is 53.2 Å². The fourth-order valence-electron chi connectivity index (χ4n) is 2.35. The van der Waals surface area contributed by atoms with Crippen LogP contribution >= 0.6 is 0 Å². The van der Waals surface area contributed by atoms with Gasteiger partial charge in [0.15, 0.2) is 0 Å². The third-order valence-electron chi connectivity index (χ3n) is 3.91. The fourth-order valence-corrected chi connectivity index (χ4v) is 2.35. The maximum atomic E-state index is 12.1. The van der Waals surface area contributed by atoms with Crippen molar-refractivity contribution in [3.63, 3.8) is 0 Å². The van der Waals surface area contributed by atoms with Crippen molar-refractivity contribution in [3.05, 3.63) is 60.2 Å². The van der Waals surface area contributed by atoms with Crippen molar-refractivity contribution in [2.75, 3.05) is 25.5 Å². The number of carbonyl (C=O) groups is 3. The average Bonchev–Trinajstić information content (AvgIpc) is 2.72. The summed E-state index contributed by atoms with van der Waals surface area (Å²) in [5, 5.41) is 17.7. The van der Waals surface area contributed by atoms with E-state index in [4.69, 9.17) is 24.5 Å². The number of anilines is 1. The molecule has 0 heterocycles. The van der Waals surface area contributed by atoms with Crippen molar-refractivity contribution in [2.45, 2.75) is 19.9 Å². The van der Waals surface area contributed by atoms with Crippen LogP contribution in [0.4, 0.5) is 5.69 Å². The summed E-state index contributed by atoms with van der Waals surface area (Å²) in [6.45, 7) is 4.65. The number of nitrogens with zero attached hydrogens (tertiary/aromatic N) is 1. The summed E-state index contributed by atoms with van der Waals surface area (Å²) in [6, 6.07) is 17.7. The van der Waals surface area contributed by atoms with Gasteiger partial charge in [0.05, 0.1) is 7.11 Å². The van der Waals surface area contributed by atoms with Crippen molar-refractivity contribution < 1.29 is 29.3 Å². The molecule has 0 aromatic heterocycles. The summed E-state index contributed by atoms with van der Waals surface area (Å²) < 4.78 is 5.10. The first-order chi connectivity index (χ1) is 13.8. The quantitative estimate of drug-likeness (QED) is 0.581. The van der Waals surface area contributed by atoms with Crippen LogP contribution in [-0.2, 0) is 20.9 Å². The van der Waals surface area contributed by atoms with E-state index in [1.165, 1.54) is 5.56 Å². The van der Waals surface area contributed by atoms with Crippen molar-refractivity contribution in [2.24, 2.45) is 0 Å². The molecule has 29 heavy (non-hydrogen) atoms. The first kappa shape index (κ1) is 23.6. The number of carboxylic acids is 2. The van der Waals surface area contributed by atoms with Gasteiger partial charge in [0, 0.05) is 25.2 Å². The second kappa shape index (κ2) is 12.9. The second-order valence-corrected chi connectivity index (χ2v) is 5.99. The van der Waals surface area contributed by atoms with E-state index >= 15 is 0 Å². The highest BCUT2D eigenvalue weighted by molar-refractivity contribution is 6.27. The predicted octanol–water partition coefficient (Wildman–Crippen LogP) is 2.70. The van der Waals surface area contributed by atoms with Crippen LogP contribution in [0.3, 0.4) is 0 Å². The molecule has 0 spiro atoms. The van der Waals surface area contributed by atoms with Crippen LogP contribution in [0.1, 0.15) is 18.9 Å². The van der Waals surface area contributed by atoms with Crippen molar-refractivity contribution in [1.29, 1.82) is 0 Å². The van der Waals surface area contributed by atoms with Crippen LogP contribution in [0, 0.1) is 0 Å². The van der Waals surface area contributed by atoms with E-state index in [2.05, 4.69) is 29.3 Å². The lowest BCUT2D eigenvalue weighted by atomic mass is 10.2. The number of carboxylic acid groups (broad SMARTS) is 2. The summed E-state index contributed by atoms with van der Waals surface area (Å²) in [5.41, 5.74) is 2.06. The van der Waals surface area contributed by atoms with Crippen molar-refractivity contribution in [3.8, 4) is 5.75 Å². The van der Waals surface area contributed by atoms with Gasteiger partial charge in [-0.1, -0.05) is 37.3 Å². The lowest BCUT2D eigenvalue weighted by molar-refractivity contribution is -0.159. The number of ether oxygens (including phenoxy) is 1. The Bertz CT molecular complexity index is 766. The van der Waals surface area contributed by atoms with E-state index in [0.29, 0.717) is 6.42 Å². The van der Waals surface area contributed by atoms with E-state index in [1.807, 2.05) is 42.5 Å². The molecule has 0 aliphatic rings. The fraction of sp³-hybridized carbons (Fsp3) is 0.286. The van der Waals surface area contributed by atoms with Crippen LogP contribution in [0.2, 0.25) is 0 Å². The molecule has 2 aromatic carbocycles. The number of methoxy groups -OCH3 is 1. The van der Waals surface area contributed by atoms with E-state index in [1.54, 1.807) is 7.11 Å². The zero-order chi connectivity index (χ0) is 21.6. The molecule has 0 saturated heterocycles. The van der Waals surface area contributed by atoms with Crippen LogP contribution in [0.5, 0.6) is 5.75 Å². The number of amides is 1. The minimum atomic E-state index is -1.82. The SMILES string of the molecule is CCN(CCC(=O)Nc1ccc(OC)cc1)Cc1ccccc1.O=C(O)C(=O)O. The van der Waals surface area contributed by atoms with E-state index in [0.717, 1.165) is 31.1 Å². The van der Waals surface area contributed by atoms with Crippen molar-refractivity contribution >= 4 is 23.5 Å². The number of hydrogen-bond acceptors (Lipinski definition) is 5. The largest absolute Gasteiger partial charge is 0.497 e. The minimum absolute atomic E-state index is 0.0293. The Morgan fingerprint density at radius 2 is 1.55 bits per heavy atom. The number of hydrogen-bond donors (Lipinski definition) is 3. The molecule has 2 rings (SSSR count). The molecule has 8 heteroatoms. The molecule has 0 atom stereocenters. The molecule has 0 aliphatic carbocycles. The van der Waals surface area contributed by atoms with E-state index < -0.39 is 11.9 Å². The lowest BCUT2D eigenvalue weighted by Crippen LogP contribution is -2.27. The Hall–Kier alpha value is -3.39. The molecule has 156 valence electrons. The number of benzene rings is 2. The topological polar surface area (TPSA) is 116 Å². The number of nitrogens with one attached hydrogen (secondary N) is 1. The van der Waals surface area contributed by atoms with Gasteiger partial charge in [-0.15, -0.1) is 0 Å². The van der Waals surface area contributed by atoms with Gasteiger partial charge < -0.3 is 20.3 Å². The molecule has 0 fully saturated rings. The molecule has 0 aliphatic heterocycles. The van der Waals surface area contributed by atoms with Gasteiger partial charge in [-0.2, -0.15) is 0 Å². The summed E-state index contributed by atoms with van der Waals surface area (Å²) in [5.74, 6) is -2.84. The number of carbonyl (C=O) groups excluding carboxylic acids is 1. The Morgan fingerprint density at radius 3 is 2.03 bits per heavy atom. The molecule has 0 saturated carbocycles. The molecule has 8 nitrogen and oxygen atoms in total. The predicted molar refractivity (Wildman–Crippen MR) is 109 cm³/mol. The van der Waals surface area contributed by atoms with Crippen LogP contribution in [0.25, 0.3) is 0 Å². The highest BCUT2D eigenvalue weighted by atomic mass is 16.5. The molecular weight excluding hydrogens is 376 g/mol. The summed E-state index contributed by atoms with van der Waals surface area (Å²) in [7, 11) is 1.62. The van der Waals surface area contributed by atoms with Crippen LogP contribution < -0.4 is 10.1 Å². The van der Waals surface area contributed by atoms with Gasteiger partial charge in [-0.3, -0.25) is 9.69 Å². The highest BCUT2D eigenvalue weighted by Crippen LogP contribution is 2.15. The van der Waals surface area contributed by atoms with Crippen LogP contribution in [0.15, 0.2) is 54.6 Å².